The van der Waals surface area contributed by atoms with Gasteiger partial charge in [0.2, 0.25) is 5.89 Å². The molecule has 2 N–H and O–H groups in total. The van der Waals surface area contributed by atoms with Crippen molar-refractivity contribution < 1.29 is 4.52 Å². The van der Waals surface area contributed by atoms with Gasteiger partial charge in [0, 0.05) is 26.2 Å². The van der Waals surface area contributed by atoms with Crippen molar-refractivity contribution >= 4 is 29.9 Å². The number of aryl methyl sites for hydroxylation is 1. The lowest BCUT2D eigenvalue weighted by atomic mass is 10.0. The van der Waals surface area contributed by atoms with Crippen LogP contribution in [0.3, 0.4) is 0 Å². The van der Waals surface area contributed by atoms with Crippen molar-refractivity contribution in [1.29, 1.82) is 0 Å². The van der Waals surface area contributed by atoms with E-state index >= 15 is 0 Å². The normalized spacial score (nSPS) is 19.3. The fraction of sp³-hybridized carbons (Fsp3) is 0.800. The van der Waals surface area contributed by atoms with Crippen LogP contribution in [0.25, 0.3) is 0 Å². The molecular weight excluding hydrogens is 407 g/mol. The minimum absolute atomic E-state index is 0. The molecule has 23 heavy (non-hydrogen) atoms. The van der Waals surface area contributed by atoms with E-state index in [-0.39, 0.29) is 24.0 Å². The van der Waals surface area contributed by atoms with E-state index in [2.05, 4.69) is 37.6 Å². The minimum atomic E-state index is 0. The minimum Gasteiger partial charge on any atom is -0.355 e. The zero-order chi connectivity index (χ0) is 15.8. The Hall–Kier alpha value is -0.900. The smallest absolute Gasteiger partial charge is 0.246 e. The van der Waals surface area contributed by atoms with Gasteiger partial charge in [-0.3, -0.25) is 9.89 Å². The number of piperidine rings is 1. The van der Waals surface area contributed by atoms with Gasteiger partial charge >= 0.3 is 0 Å². The second-order valence-electron chi connectivity index (χ2n) is 5.68. The molecule has 8 heteroatoms. The quantitative estimate of drug-likeness (QED) is 0.403. The summed E-state index contributed by atoms with van der Waals surface area (Å²) < 4.78 is 5.07. The molecule has 132 valence electrons. The molecule has 1 saturated heterocycles. The first-order valence-corrected chi connectivity index (χ1v) is 8.20. The summed E-state index contributed by atoms with van der Waals surface area (Å²) in [6.07, 6.45) is 5.26. The molecule has 0 saturated carbocycles. The fourth-order valence-corrected chi connectivity index (χ4v) is 2.93. The number of halogens is 1. The van der Waals surface area contributed by atoms with Crippen molar-refractivity contribution in [3.05, 3.63) is 11.7 Å². The van der Waals surface area contributed by atoms with Crippen molar-refractivity contribution in [2.45, 2.75) is 52.1 Å². The molecule has 1 aromatic rings. The van der Waals surface area contributed by atoms with Crippen molar-refractivity contribution in [2.24, 2.45) is 4.99 Å². The lowest BCUT2D eigenvalue weighted by Crippen LogP contribution is -2.45. The summed E-state index contributed by atoms with van der Waals surface area (Å²) in [5.74, 6) is 1.99. The summed E-state index contributed by atoms with van der Waals surface area (Å²) in [4.78, 5) is 11.0. The second kappa shape index (κ2) is 10.8. The Bertz CT molecular complexity index is 478. The van der Waals surface area contributed by atoms with Crippen LogP contribution in [0.15, 0.2) is 9.52 Å². The predicted octanol–water partition coefficient (Wildman–Crippen LogP) is 1.93. The number of likely N-dealkylation sites (tertiary alicyclic amines) is 1. The van der Waals surface area contributed by atoms with Crippen LogP contribution < -0.4 is 10.6 Å². The lowest BCUT2D eigenvalue weighted by Gasteiger charge is -2.35. The highest BCUT2D eigenvalue weighted by molar-refractivity contribution is 14.0. The summed E-state index contributed by atoms with van der Waals surface area (Å²) in [6, 6.07) is 0.742. The van der Waals surface area contributed by atoms with Crippen LogP contribution >= 0.6 is 24.0 Å². The number of aliphatic imine (C=N–C) groups is 1. The number of nitrogens with zero attached hydrogens (tertiary/aromatic N) is 4. The molecule has 0 aromatic carbocycles. The van der Waals surface area contributed by atoms with Crippen LogP contribution in [0.4, 0.5) is 0 Å². The van der Waals surface area contributed by atoms with Gasteiger partial charge in [0.1, 0.15) is 0 Å². The third-order valence-electron chi connectivity index (χ3n) is 4.11. The van der Waals surface area contributed by atoms with Gasteiger partial charge in [0.05, 0.1) is 6.54 Å². The van der Waals surface area contributed by atoms with Crippen molar-refractivity contribution in [2.75, 3.05) is 26.7 Å². The molecule has 0 amide bonds. The summed E-state index contributed by atoms with van der Waals surface area (Å²) in [7, 11) is 1.77. The summed E-state index contributed by atoms with van der Waals surface area (Å²) in [5.41, 5.74) is 0. The van der Waals surface area contributed by atoms with Gasteiger partial charge in [0.15, 0.2) is 11.8 Å². The Labute approximate surface area is 155 Å². The van der Waals surface area contributed by atoms with Crippen molar-refractivity contribution in [1.82, 2.24) is 25.7 Å². The Morgan fingerprint density at radius 2 is 2.22 bits per heavy atom. The molecule has 1 aliphatic rings. The maximum Gasteiger partial charge on any atom is 0.246 e. The highest BCUT2D eigenvalue weighted by atomic mass is 127. The number of hydrogen-bond acceptors (Lipinski definition) is 5. The van der Waals surface area contributed by atoms with Gasteiger partial charge in [-0.05, 0) is 32.7 Å². The molecule has 2 rings (SSSR count). The first-order valence-electron chi connectivity index (χ1n) is 8.20. The van der Waals surface area contributed by atoms with E-state index in [0.717, 1.165) is 25.1 Å². The van der Waals surface area contributed by atoms with Crippen LogP contribution in [0.2, 0.25) is 0 Å². The largest absolute Gasteiger partial charge is 0.355 e. The Morgan fingerprint density at radius 1 is 1.39 bits per heavy atom. The zero-order valence-electron chi connectivity index (χ0n) is 14.3. The second-order valence-corrected chi connectivity index (χ2v) is 5.68. The molecule has 7 nitrogen and oxygen atoms in total. The SMILES string of the molecule is CCC1CCCCN1CCNC(=NC)NCc1nc(C)no1.I. The third-order valence-corrected chi connectivity index (χ3v) is 4.11. The van der Waals surface area contributed by atoms with E-state index in [1.165, 1.54) is 32.2 Å². The first-order chi connectivity index (χ1) is 10.7. The Balaban J connectivity index is 0.00000264. The monoisotopic (exact) mass is 436 g/mol. The van der Waals surface area contributed by atoms with Gasteiger partial charge in [-0.1, -0.05) is 18.5 Å². The van der Waals surface area contributed by atoms with Crippen LogP contribution in [-0.2, 0) is 6.54 Å². The van der Waals surface area contributed by atoms with Gasteiger partial charge in [-0.25, -0.2) is 0 Å². The van der Waals surface area contributed by atoms with Gasteiger partial charge in [0.25, 0.3) is 0 Å². The van der Waals surface area contributed by atoms with Crippen LogP contribution in [0.5, 0.6) is 0 Å². The Kier molecular flexibility index (Phi) is 9.46. The highest BCUT2D eigenvalue weighted by Gasteiger charge is 2.19. The van der Waals surface area contributed by atoms with Crippen molar-refractivity contribution in [3.8, 4) is 0 Å². The molecule has 2 heterocycles. The first kappa shape index (κ1) is 20.1. The number of aromatic nitrogens is 2. The molecule has 1 atom stereocenters. The van der Waals surface area contributed by atoms with E-state index in [4.69, 9.17) is 4.52 Å². The molecule has 1 aromatic heterocycles. The maximum atomic E-state index is 5.07. The summed E-state index contributed by atoms with van der Waals surface area (Å²) in [6.45, 7) is 7.74. The molecule has 0 bridgehead atoms. The number of rotatable bonds is 6. The van der Waals surface area contributed by atoms with Crippen LogP contribution in [0.1, 0.15) is 44.3 Å². The molecule has 1 aliphatic heterocycles. The highest BCUT2D eigenvalue weighted by Crippen LogP contribution is 2.18. The zero-order valence-corrected chi connectivity index (χ0v) is 16.7. The summed E-state index contributed by atoms with van der Waals surface area (Å²) >= 11 is 0. The number of guanidine groups is 1. The van der Waals surface area contributed by atoms with Gasteiger partial charge < -0.3 is 15.2 Å². The molecule has 1 fully saturated rings. The predicted molar refractivity (Wildman–Crippen MR) is 102 cm³/mol. The molecule has 0 aliphatic carbocycles. The number of nitrogens with one attached hydrogen (secondary N) is 2. The van der Waals surface area contributed by atoms with Crippen LogP contribution in [-0.4, -0.2) is 53.7 Å². The van der Waals surface area contributed by atoms with Crippen LogP contribution in [0, 0.1) is 6.92 Å². The average Bonchev–Trinajstić information content (AvgIpc) is 2.96. The van der Waals surface area contributed by atoms with E-state index < -0.39 is 0 Å². The lowest BCUT2D eigenvalue weighted by molar-refractivity contribution is 0.147. The average molecular weight is 436 g/mol. The third kappa shape index (κ3) is 6.62. The van der Waals surface area contributed by atoms with E-state index in [1.807, 2.05) is 6.92 Å². The van der Waals surface area contributed by atoms with E-state index in [9.17, 15) is 0 Å². The van der Waals surface area contributed by atoms with E-state index in [0.29, 0.717) is 18.3 Å². The van der Waals surface area contributed by atoms with Crippen molar-refractivity contribution in [3.63, 3.8) is 0 Å². The molecule has 0 spiro atoms. The Morgan fingerprint density at radius 3 is 2.87 bits per heavy atom. The molecule has 1 unspecified atom stereocenters. The standard InChI is InChI=1S/C15H28N6O.HI/c1-4-13-7-5-6-9-21(13)10-8-17-15(16-3)18-11-14-19-12(2)20-22-14;/h13H,4-11H2,1-3H3,(H2,16,17,18);1H. The maximum absolute atomic E-state index is 5.07. The molecular formula is C15H29IN6O. The summed E-state index contributed by atoms with van der Waals surface area (Å²) in [5, 5.41) is 10.3. The van der Waals surface area contributed by atoms with Gasteiger partial charge in [-0.15, -0.1) is 24.0 Å². The molecule has 0 radical (unpaired) electrons. The number of hydrogen-bond donors (Lipinski definition) is 2. The topological polar surface area (TPSA) is 78.6 Å². The van der Waals surface area contributed by atoms with E-state index in [1.54, 1.807) is 7.05 Å². The van der Waals surface area contributed by atoms with Gasteiger partial charge in [-0.2, -0.15) is 4.98 Å². The fourth-order valence-electron chi connectivity index (χ4n) is 2.93.